The second-order valence-electron chi connectivity index (χ2n) is 5.80. The van der Waals surface area contributed by atoms with Crippen LogP contribution in [0.15, 0.2) is 23.5 Å². The van der Waals surface area contributed by atoms with Crippen LogP contribution in [0.25, 0.3) is 0 Å². The van der Waals surface area contributed by atoms with E-state index >= 15 is 0 Å². The largest absolute Gasteiger partial charge is 0.356 e. The Morgan fingerprint density at radius 2 is 2.38 bits per heavy atom. The van der Waals surface area contributed by atoms with Crippen molar-refractivity contribution in [2.75, 3.05) is 19.8 Å². The van der Waals surface area contributed by atoms with Gasteiger partial charge >= 0.3 is 0 Å². The van der Waals surface area contributed by atoms with Crippen molar-refractivity contribution in [3.05, 3.63) is 18.5 Å². The molecule has 0 aliphatic heterocycles. The second-order valence-corrected chi connectivity index (χ2v) is 6.94. The summed E-state index contributed by atoms with van der Waals surface area (Å²) in [6, 6.07) is 2.53. The molecule has 1 aliphatic carbocycles. The molecule has 0 radical (unpaired) electrons. The molecule has 1 aliphatic rings. The van der Waals surface area contributed by atoms with Crippen LogP contribution in [0.3, 0.4) is 0 Å². The lowest BCUT2D eigenvalue weighted by molar-refractivity contribution is 0.442. The topological polar surface area (TPSA) is 54.2 Å². The second kappa shape index (κ2) is 8.32. The zero-order chi connectivity index (χ0) is 15.1. The Bertz CT molecular complexity index is 431. The highest BCUT2D eigenvalue weighted by atomic mass is 32.2. The number of aliphatic imine (C=N–C) groups is 1. The average Bonchev–Trinajstić information content (AvgIpc) is 3.14. The number of aromatic nitrogens is 2. The maximum Gasteiger partial charge on any atom is 0.191 e. The fourth-order valence-corrected chi connectivity index (χ4v) is 3.53. The molecule has 0 aromatic carbocycles. The number of hydrogen-bond acceptors (Lipinski definition) is 3. The predicted octanol–water partition coefficient (Wildman–Crippen LogP) is 1.97. The van der Waals surface area contributed by atoms with Gasteiger partial charge in [-0.25, -0.2) is 0 Å². The Morgan fingerprint density at radius 1 is 1.52 bits per heavy atom. The van der Waals surface area contributed by atoms with Crippen molar-refractivity contribution in [2.45, 2.75) is 44.0 Å². The lowest BCUT2D eigenvalue weighted by atomic mass is 10.2. The summed E-state index contributed by atoms with van der Waals surface area (Å²) in [7, 11) is 1.84. The van der Waals surface area contributed by atoms with E-state index in [0.29, 0.717) is 12.0 Å². The summed E-state index contributed by atoms with van der Waals surface area (Å²) >= 11 is 1.98. The standard InChI is InChI=1S/C15H27N5S/c1-12(11-20-8-4-7-18-20)10-17-15(16-2)19-13-5-6-14(9-13)21-3/h4,7-8,12-14H,5-6,9-11H2,1-3H3,(H2,16,17,19). The summed E-state index contributed by atoms with van der Waals surface area (Å²) < 4.78 is 1.97. The van der Waals surface area contributed by atoms with Gasteiger partial charge in [0.15, 0.2) is 5.96 Å². The smallest absolute Gasteiger partial charge is 0.191 e. The fourth-order valence-electron chi connectivity index (χ4n) is 2.74. The third kappa shape index (κ3) is 5.26. The maximum absolute atomic E-state index is 4.34. The van der Waals surface area contributed by atoms with E-state index in [9.17, 15) is 0 Å². The zero-order valence-electron chi connectivity index (χ0n) is 13.2. The molecule has 1 heterocycles. The van der Waals surface area contributed by atoms with E-state index in [1.54, 1.807) is 0 Å². The first-order chi connectivity index (χ1) is 10.2. The minimum Gasteiger partial charge on any atom is -0.356 e. The van der Waals surface area contributed by atoms with E-state index in [0.717, 1.165) is 24.3 Å². The molecule has 6 heteroatoms. The molecular weight excluding hydrogens is 282 g/mol. The molecule has 0 amide bonds. The Hall–Kier alpha value is -1.17. The van der Waals surface area contributed by atoms with Crippen molar-refractivity contribution in [1.29, 1.82) is 0 Å². The van der Waals surface area contributed by atoms with Crippen LogP contribution in [0.2, 0.25) is 0 Å². The molecule has 0 saturated heterocycles. The molecule has 1 saturated carbocycles. The Kier molecular flexibility index (Phi) is 6.42. The van der Waals surface area contributed by atoms with Crippen LogP contribution in [-0.4, -0.2) is 46.9 Å². The summed E-state index contributed by atoms with van der Waals surface area (Å²) in [5.74, 6) is 1.43. The van der Waals surface area contributed by atoms with E-state index < -0.39 is 0 Å². The van der Waals surface area contributed by atoms with E-state index in [-0.39, 0.29) is 0 Å². The highest BCUT2D eigenvalue weighted by Crippen LogP contribution is 2.27. The van der Waals surface area contributed by atoms with Crippen molar-refractivity contribution in [3.63, 3.8) is 0 Å². The molecule has 0 spiro atoms. The molecule has 21 heavy (non-hydrogen) atoms. The highest BCUT2D eigenvalue weighted by molar-refractivity contribution is 7.99. The van der Waals surface area contributed by atoms with Gasteiger partial charge in [0, 0.05) is 43.8 Å². The summed E-state index contributed by atoms with van der Waals surface area (Å²) in [5, 5.41) is 12.0. The van der Waals surface area contributed by atoms with Gasteiger partial charge in [0.2, 0.25) is 0 Å². The fraction of sp³-hybridized carbons (Fsp3) is 0.733. The number of nitrogens with zero attached hydrogens (tertiary/aromatic N) is 3. The van der Waals surface area contributed by atoms with E-state index in [1.807, 2.05) is 42.0 Å². The molecule has 1 aromatic heterocycles. The molecule has 3 unspecified atom stereocenters. The summed E-state index contributed by atoms with van der Waals surface area (Å²) in [6.07, 6.45) is 9.83. The highest BCUT2D eigenvalue weighted by Gasteiger charge is 2.24. The number of guanidine groups is 1. The van der Waals surface area contributed by atoms with Crippen molar-refractivity contribution in [3.8, 4) is 0 Å². The molecule has 1 fully saturated rings. The minimum atomic E-state index is 0.506. The van der Waals surface area contributed by atoms with Gasteiger partial charge in [0.25, 0.3) is 0 Å². The van der Waals surface area contributed by atoms with E-state index in [1.165, 1.54) is 19.3 Å². The third-order valence-corrected chi connectivity index (χ3v) is 5.05. The Morgan fingerprint density at radius 3 is 3.00 bits per heavy atom. The van der Waals surface area contributed by atoms with Crippen LogP contribution in [0.5, 0.6) is 0 Å². The quantitative estimate of drug-likeness (QED) is 0.623. The van der Waals surface area contributed by atoms with Crippen molar-refractivity contribution < 1.29 is 0 Å². The number of hydrogen-bond donors (Lipinski definition) is 2. The number of nitrogens with one attached hydrogen (secondary N) is 2. The van der Waals surface area contributed by atoms with Crippen molar-refractivity contribution >= 4 is 17.7 Å². The van der Waals surface area contributed by atoms with Gasteiger partial charge in [-0.3, -0.25) is 9.67 Å². The summed E-state index contributed by atoms with van der Waals surface area (Å²) in [5.41, 5.74) is 0. The minimum absolute atomic E-state index is 0.506. The van der Waals surface area contributed by atoms with Crippen LogP contribution in [-0.2, 0) is 6.54 Å². The molecule has 1 aromatic rings. The van der Waals surface area contributed by atoms with Gasteiger partial charge in [0.1, 0.15) is 0 Å². The number of thioether (sulfide) groups is 1. The first-order valence-corrected chi connectivity index (χ1v) is 8.97. The maximum atomic E-state index is 4.34. The van der Waals surface area contributed by atoms with Gasteiger partial charge in [-0.1, -0.05) is 6.92 Å². The SMILES string of the molecule is CN=C(NCC(C)Cn1cccn1)NC1CCC(SC)C1. The lowest BCUT2D eigenvalue weighted by Crippen LogP contribution is -2.44. The molecule has 3 atom stereocenters. The molecular formula is C15H27N5S. The van der Waals surface area contributed by atoms with Crippen molar-refractivity contribution in [2.24, 2.45) is 10.9 Å². The van der Waals surface area contributed by atoms with Gasteiger partial charge in [-0.15, -0.1) is 0 Å². The zero-order valence-corrected chi connectivity index (χ0v) is 14.1. The lowest BCUT2D eigenvalue weighted by Gasteiger charge is -2.19. The normalized spacial score (nSPS) is 24.0. The summed E-state index contributed by atoms with van der Waals surface area (Å²) in [6.45, 7) is 4.05. The van der Waals surface area contributed by atoms with Crippen LogP contribution in [0, 0.1) is 5.92 Å². The summed E-state index contributed by atoms with van der Waals surface area (Å²) in [4.78, 5) is 4.34. The molecule has 0 bridgehead atoms. The average molecular weight is 309 g/mol. The Balaban J connectivity index is 1.70. The van der Waals surface area contributed by atoms with E-state index in [2.05, 4.69) is 33.9 Å². The first-order valence-electron chi connectivity index (χ1n) is 7.68. The van der Waals surface area contributed by atoms with Gasteiger partial charge < -0.3 is 10.6 Å². The molecule has 2 N–H and O–H groups in total. The Labute approximate surface area is 132 Å². The first kappa shape index (κ1) is 16.2. The number of rotatable bonds is 6. The van der Waals surface area contributed by atoms with Crippen LogP contribution in [0.4, 0.5) is 0 Å². The van der Waals surface area contributed by atoms with Crippen LogP contribution < -0.4 is 10.6 Å². The van der Waals surface area contributed by atoms with Gasteiger partial charge in [-0.2, -0.15) is 16.9 Å². The van der Waals surface area contributed by atoms with Crippen LogP contribution in [0.1, 0.15) is 26.2 Å². The van der Waals surface area contributed by atoms with E-state index in [4.69, 9.17) is 0 Å². The van der Waals surface area contributed by atoms with Crippen LogP contribution >= 0.6 is 11.8 Å². The molecule has 2 rings (SSSR count). The monoisotopic (exact) mass is 309 g/mol. The molecule has 118 valence electrons. The van der Waals surface area contributed by atoms with Gasteiger partial charge in [-0.05, 0) is 37.5 Å². The molecule has 5 nitrogen and oxygen atoms in total. The third-order valence-electron chi connectivity index (χ3n) is 3.96. The predicted molar refractivity (Wildman–Crippen MR) is 90.8 cm³/mol. The van der Waals surface area contributed by atoms with Gasteiger partial charge in [0.05, 0.1) is 0 Å². The van der Waals surface area contributed by atoms with Crippen molar-refractivity contribution in [1.82, 2.24) is 20.4 Å².